The molecule has 0 aliphatic carbocycles. The highest BCUT2D eigenvalue weighted by Gasteiger charge is 2.22. The second-order valence-corrected chi connectivity index (χ2v) is 4.73. The lowest BCUT2D eigenvalue weighted by Gasteiger charge is -2.25. The van der Waals surface area contributed by atoms with Crippen LogP contribution < -0.4 is 5.32 Å². The molecule has 3 N–H and O–H groups in total. The molecule has 1 heterocycles. The first kappa shape index (κ1) is 12.9. The average molecular weight is 217 g/mol. The maximum Gasteiger partial charge on any atom is 0.0588 e. The summed E-state index contributed by atoms with van der Waals surface area (Å²) >= 11 is 0. The number of hydrogen-bond donors (Lipinski definition) is 3. The van der Waals surface area contributed by atoms with E-state index in [9.17, 15) is 0 Å². The van der Waals surface area contributed by atoms with E-state index in [1.807, 2.05) is 6.92 Å². The molecule has 1 rings (SSSR count). The van der Waals surface area contributed by atoms with Gasteiger partial charge in [0.05, 0.1) is 19.3 Å². The molecule has 4 nitrogen and oxygen atoms in total. The van der Waals surface area contributed by atoms with Gasteiger partial charge in [0.1, 0.15) is 0 Å². The molecule has 0 aromatic heterocycles. The van der Waals surface area contributed by atoms with Crippen LogP contribution in [0.15, 0.2) is 0 Å². The van der Waals surface area contributed by atoms with Crippen molar-refractivity contribution in [3.63, 3.8) is 0 Å². The monoisotopic (exact) mass is 217 g/mol. The van der Waals surface area contributed by atoms with Crippen LogP contribution >= 0.6 is 0 Å². The van der Waals surface area contributed by atoms with Crippen LogP contribution in [0.4, 0.5) is 0 Å². The summed E-state index contributed by atoms with van der Waals surface area (Å²) in [7, 11) is 0. The minimum atomic E-state index is -0.406. The molecule has 0 aromatic carbocycles. The van der Waals surface area contributed by atoms with Crippen molar-refractivity contribution in [3.8, 4) is 0 Å². The molecule has 0 aromatic rings. The third kappa shape index (κ3) is 4.47. The molecule has 15 heavy (non-hydrogen) atoms. The fourth-order valence-corrected chi connectivity index (χ4v) is 1.69. The first-order chi connectivity index (χ1) is 7.20. The first-order valence-corrected chi connectivity index (χ1v) is 5.74. The molecule has 1 atom stereocenters. The van der Waals surface area contributed by atoms with Crippen molar-refractivity contribution in [1.82, 2.24) is 5.32 Å². The minimum absolute atomic E-state index is 0.0103. The predicted octanol–water partition coefficient (Wildman–Crippen LogP) is 0.136. The Labute approximate surface area is 91.6 Å². The van der Waals surface area contributed by atoms with Crippen LogP contribution in [-0.2, 0) is 4.74 Å². The maximum absolute atomic E-state index is 9.07. The highest BCUT2D eigenvalue weighted by atomic mass is 16.5. The first-order valence-electron chi connectivity index (χ1n) is 5.74. The van der Waals surface area contributed by atoms with Crippen LogP contribution in [0.1, 0.15) is 26.2 Å². The fraction of sp³-hybridized carbons (Fsp3) is 1.00. The Morgan fingerprint density at radius 2 is 2.13 bits per heavy atom. The lowest BCUT2D eigenvalue weighted by molar-refractivity contribution is 0.0670. The molecule has 1 saturated heterocycles. The smallest absolute Gasteiger partial charge is 0.0588 e. The molecular weight excluding hydrogens is 194 g/mol. The summed E-state index contributed by atoms with van der Waals surface area (Å²) < 4.78 is 5.50. The average Bonchev–Trinajstić information content (AvgIpc) is 2.77. The van der Waals surface area contributed by atoms with E-state index in [2.05, 4.69) is 5.32 Å². The summed E-state index contributed by atoms with van der Waals surface area (Å²) in [5.74, 6) is 0. The van der Waals surface area contributed by atoms with Crippen LogP contribution in [0.3, 0.4) is 0 Å². The van der Waals surface area contributed by atoms with E-state index in [0.29, 0.717) is 12.6 Å². The van der Waals surface area contributed by atoms with Gasteiger partial charge in [0.2, 0.25) is 0 Å². The zero-order valence-corrected chi connectivity index (χ0v) is 9.54. The van der Waals surface area contributed by atoms with E-state index >= 15 is 0 Å². The number of rotatable bonds is 7. The Kier molecular flexibility index (Phi) is 5.53. The van der Waals surface area contributed by atoms with Crippen molar-refractivity contribution in [1.29, 1.82) is 0 Å². The summed E-state index contributed by atoms with van der Waals surface area (Å²) in [6, 6.07) is 0. The lowest BCUT2D eigenvalue weighted by Crippen LogP contribution is -2.38. The normalized spacial score (nSPS) is 22.2. The molecule has 90 valence electrons. The Bertz CT molecular complexity index is 165. The zero-order chi connectivity index (χ0) is 11.1. The van der Waals surface area contributed by atoms with E-state index in [0.717, 1.165) is 19.6 Å². The molecule has 0 bridgehead atoms. The zero-order valence-electron chi connectivity index (χ0n) is 9.54. The maximum atomic E-state index is 9.07. The molecule has 0 radical (unpaired) electrons. The second kappa shape index (κ2) is 6.43. The Hall–Kier alpha value is -0.160. The summed E-state index contributed by atoms with van der Waals surface area (Å²) in [6.07, 6.45) is 3.77. The second-order valence-electron chi connectivity index (χ2n) is 4.73. The number of aliphatic hydroxyl groups is 2. The van der Waals surface area contributed by atoms with Crippen molar-refractivity contribution in [3.05, 3.63) is 0 Å². The van der Waals surface area contributed by atoms with Gasteiger partial charge in [-0.3, -0.25) is 0 Å². The number of ether oxygens (including phenoxy) is 1. The summed E-state index contributed by atoms with van der Waals surface area (Å²) in [5.41, 5.74) is -0.406. The van der Waals surface area contributed by atoms with Gasteiger partial charge in [0.25, 0.3) is 0 Å². The molecule has 0 spiro atoms. The van der Waals surface area contributed by atoms with Crippen LogP contribution in [-0.4, -0.2) is 49.2 Å². The molecule has 1 aliphatic heterocycles. The number of aliphatic hydroxyl groups excluding tert-OH is 2. The Morgan fingerprint density at radius 1 is 1.40 bits per heavy atom. The van der Waals surface area contributed by atoms with Crippen LogP contribution in [0.25, 0.3) is 0 Å². The highest BCUT2D eigenvalue weighted by Crippen LogP contribution is 2.15. The van der Waals surface area contributed by atoms with Gasteiger partial charge in [-0.15, -0.1) is 0 Å². The fourth-order valence-electron chi connectivity index (χ4n) is 1.69. The van der Waals surface area contributed by atoms with Gasteiger partial charge in [-0.2, -0.15) is 0 Å². The molecule has 0 amide bonds. The van der Waals surface area contributed by atoms with Crippen molar-refractivity contribution in [2.45, 2.75) is 32.3 Å². The van der Waals surface area contributed by atoms with Crippen molar-refractivity contribution in [2.75, 3.05) is 32.9 Å². The van der Waals surface area contributed by atoms with Gasteiger partial charge >= 0.3 is 0 Å². The molecule has 1 unspecified atom stereocenters. The van der Waals surface area contributed by atoms with E-state index in [-0.39, 0.29) is 13.2 Å². The summed E-state index contributed by atoms with van der Waals surface area (Å²) in [4.78, 5) is 0. The number of hydrogen-bond acceptors (Lipinski definition) is 4. The van der Waals surface area contributed by atoms with Crippen LogP contribution in [0.2, 0.25) is 0 Å². The van der Waals surface area contributed by atoms with Gasteiger partial charge in [0.15, 0.2) is 0 Å². The Balaban J connectivity index is 2.04. The van der Waals surface area contributed by atoms with E-state index in [1.54, 1.807) is 0 Å². The highest BCUT2D eigenvalue weighted by molar-refractivity contribution is 4.75. The van der Waals surface area contributed by atoms with E-state index < -0.39 is 5.41 Å². The minimum Gasteiger partial charge on any atom is -0.396 e. The topological polar surface area (TPSA) is 61.7 Å². The molecule has 1 aliphatic rings. The van der Waals surface area contributed by atoms with Crippen molar-refractivity contribution in [2.24, 2.45) is 5.41 Å². The van der Waals surface area contributed by atoms with Gasteiger partial charge in [-0.05, 0) is 25.8 Å². The lowest BCUT2D eigenvalue weighted by atomic mass is 9.93. The van der Waals surface area contributed by atoms with E-state index in [4.69, 9.17) is 14.9 Å². The Morgan fingerprint density at radius 3 is 2.67 bits per heavy atom. The molecule has 0 saturated carbocycles. The summed E-state index contributed by atoms with van der Waals surface area (Å²) in [6.45, 7) is 4.32. The van der Waals surface area contributed by atoms with Crippen LogP contribution in [0.5, 0.6) is 0 Å². The third-order valence-electron chi connectivity index (χ3n) is 2.98. The predicted molar refractivity (Wildman–Crippen MR) is 58.7 cm³/mol. The van der Waals surface area contributed by atoms with Crippen molar-refractivity contribution >= 4 is 0 Å². The third-order valence-corrected chi connectivity index (χ3v) is 2.98. The largest absolute Gasteiger partial charge is 0.396 e. The van der Waals surface area contributed by atoms with Gasteiger partial charge in [-0.1, -0.05) is 6.92 Å². The molecule has 1 fully saturated rings. The van der Waals surface area contributed by atoms with Gasteiger partial charge in [0, 0.05) is 18.6 Å². The van der Waals surface area contributed by atoms with Gasteiger partial charge < -0.3 is 20.3 Å². The van der Waals surface area contributed by atoms with Gasteiger partial charge in [-0.25, -0.2) is 0 Å². The standard InChI is InChI=1S/C11H23NO3/c1-11(8-13,9-14)7-12-5-4-10-3-2-6-15-10/h10,12-14H,2-9H2,1H3. The van der Waals surface area contributed by atoms with E-state index in [1.165, 1.54) is 12.8 Å². The SMILES string of the molecule is CC(CO)(CO)CNCCC1CCCO1. The molecule has 4 heteroatoms. The van der Waals surface area contributed by atoms with Crippen LogP contribution in [0, 0.1) is 5.41 Å². The number of nitrogens with one attached hydrogen (secondary N) is 1. The quantitative estimate of drug-likeness (QED) is 0.531. The summed E-state index contributed by atoms with van der Waals surface area (Å²) in [5, 5.41) is 21.4. The molecular formula is C11H23NO3. The van der Waals surface area contributed by atoms with Crippen molar-refractivity contribution < 1.29 is 14.9 Å².